The molecular weight excluding hydrogens is 192 g/mol. The molecular formula is C11H22N2O2. The summed E-state index contributed by atoms with van der Waals surface area (Å²) < 4.78 is 0. The summed E-state index contributed by atoms with van der Waals surface area (Å²) in [5.41, 5.74) is 0. The molecule has 0 saturated heterocycles. The van der Waals surface area contributed by atoms with Crippen molar-refractivity contribution in [3.63, 3.8) is 0 Å². The highest BCUT2D eigenvalue weighted by atomic mass is 16.3. The molecule has 0 unspecified atom stereocenters. The van der Waals surface area contributed by atoms with Gasteiger partial charge in [-0.15, -0.1) is 0 Å². The Hall–Kier alpha value is -0.610. The van der Waals surface area contributed by atoms with Crippen LogP contribution in [0.15, 0.2) is 0 Å². The van der Waals surface area contributed by atoms with Gasteiger partial charge in [-0.3, -0.25) is 4.79 Å². The van der Waals surface area contributed by atoms with Gasteiger partial charge >= 0.3 is 0 Å². The molecule has 1 amide bonds. The van der Waals surface area contributed by atoms with Gasteiger partial charge in [-0.25, -0.2) is 0 Å². The van der Waals surface area contributed by atoms with Crippen LogP contribution in [-0.2, 0) is 4.79 Å². The van der Waals surface area contributed by atoms with E-state index in [0.29, 0.717) is 19.0 Å². The molecule has 0 heterocycles. The van der Waals surface area contributed by atoms with E-state index >= 15 is 0 Å². The lowest BCUT2D eigenvalue weighted by atomic mass is 9.91. The molecule has 4 nitrogen and oxygen atoms in total. The first-order valence-corrected chi connectivity index (χ1v) is 5.90. The minimum atomic E-state index is 0.0729. The van der Waals surface area contributed by atoms with E-state index in [0.717, 1.165) is 25.9 Å². The Bertz CT molecular complexity index is 193. The van der Waals surface area contributed by atoms with Gasteiger partial charge in [0.25, 0.3) is 0 Å². The first kappa shape index (κ1) is 12.5. The SMILES string of the molecule is CCNCCC(=O)N(CCO)C1CCC1. The Morgan fingerprint density at radius 1 is 1.53 bits per heavy atom. The molecule has 88 valence electrons. The molecule has 0 bridgehead atoms. The van der Waals surface area contributed by atoms with Crippen molar-refractivity contribution in [2.24, 2.45) is 0 Å². The summed E-state index contributed by atoms with van der Waals surface area (Å²) in [5, 5.41) is 12.1. The Morgan fingerprint density at radius 3 is 2.73 bits per heavy atom. The third-order valence-corrected chi connectivity index (χ3v) is 2.94. The summed E-state index contributed by atoms with van der Waals surface area (Å²) in [6, 6.07) is 0.395. The maximum atomic E-state index is 11.8. The summed E-state index contributed by atoms with van der Waals surface area (Å²) in [4.78, 5) is 13.7. The maximum Gasteiger partial charge on any atom is 0.224 e. The van der Waals surface area contributed by atoms with Crippen molar-refractivity contribution in [1.29, 1.82) is 0 Å². The number of aliphatic hydroxyl groups is 1. The molecule has 4 heteroatoms. The first-order valence-electron chi connectivity index (χ1n) is 5.90. The smallest absolute Gasteiger partial charge is 0.224 e. The van der Waals surface area contributed by atoms with Gasteiger partial charge in [0, 0.05) is 25.6 Å². The van der Waals surface area contributed by atoms with Crippen molar-refractivity contribution in [2.45, 2.75) is 38.6 Å². The lowest BCUT2D eigenvalue weighted by molar-refractivity contribution is -0.135. The van der Waals surface area contributed by atoms with Crippen molar-refractivity contribution in [2.75, 3.05) is 26.2 Å². The average molecular weight is 214 g/mol. The Balaban J connectivity index is 2.29. The van der Waals surface area contributed by atoms with Crippen LogP contribution in [0.4, 0.5) is 0 Å². The van der Waals surface area contributed by atoms with E-state index in [1.165, 1.54) is 6.42 Å². The highest BCUT2D eigenvalue weighted by Gasteiger charge is 2.27. The number of amides is 1. The Kier molecular flexibility index (Phi) is 5.65. The zero-order valence-corrected chi connectivity index (χ0v) is 9.54. The molecule has 0 aliphatic heterocycles. The van der Waals surface area contributed by atoms with Crippen molar-refractivity contribution in [1.82, 2.24) is 10.2 Å². The highest BCUT2D eigenvalue weighted by Crippen LogP contribution is 2.24. The topological polar surface area (TPSA) is 52.6 Å². The largest absolute Gasteiger partial charge is 0.395 e. The number of nitrogens with zero attached hydrogens (tertiary/aromatic N) is 1. The molecule has 1 fully saturated rings. The van der Waals surface area contributed by atoms with Crippen LogP contribution in [0.5, 0.6) is 0 Å². The second-order valence-corrected chi connectivity index (χ2v) is 4.00. The minimum Gasteiger partial charge on any atom is -0.395 e. The van der Waals surface area contributed by atoms with Crippen molar-refractivity contribution < 1.29 is 9.90 Å². The van der Waals surface area contributed by atoms with Crippen LogP contribution in [0.25, 0.3) is 0 Å². The van der Waals surface area contributed by atoms with Crippen molar-refractivity contribution in [3.05, 3.63) is 0 Å². The number of aliphatic hydroxyl groups excluding tert-OH is 1. The fourth-order valence-electron chi connectivity index (χ4n) is 1.83. The van der Waals surface area contributed by atoms with Crippen LogP contribution in [0.3, 0.4) is 0 Å². The molecule has 15 heavy (non-hydrogen) atoms. The molecule has 0 atom stereocenters. The maximum absolute atomic E-state index is 11.8. The van der Waals surface area contributed by atoms with Crippen LogP contribution in [0.1, 0.15) is 32.6 Å². The fraction of sp³-hybridized carbons (Fsp3) is 0.909. The summed E-state index contributed by atoms with van der Waals surface area (Å²) in [6.45, 7) is 4.24. The molecule has 2 N–H and O–H groups in total. The van der Waals surface area contributed by atoms with E-state index in [-0.39, 0.29) is 12.5 Å². The number of carbonyl (C=O) groups is 1. The minimum absolute atomic E-state index is 0.0729. The molecule has 1 aliphatic carbocycles. The number of rotatable bonds is 7. The van der Waals surface area contributed by atoms with Gasteiger partial charge in [-0.2, -0.15) is 0 Å². The number of hydrogen-bond donors (Lipinski definition) is 2. The molecule has 0 aromatic heterocycles. The van der Waals surface area contributed by atoms with Gasteiger partial charge in [-0.1, -0.05) is 6.92 Å². The molecule has 1 aliphatic rings. The molecule has 0 radical (unpaired) electrons. The zero-order chi connectivity index (χ0) is 11.1. The standard InChI is InChI=1S/C11H22N2O2/c1-2-12-7-6-11(15)13(8-9-14)10-4-3-5-10/h10,12,14H,2-9H2,1H3. The third-order valence-electron chi connectivity index (χ3n) is 2.94. The van der Waals surface area contributed by atoms with Crippen LogP contribution in [0, 0.1) is 0 Å². The number of hydrogen-bond acceptors (Lipinski definition) is 3. The summed E-state index contributed by atoms with van der Waals surface area (Å²) in [6.07, 6.45) is 3.97. The monoisotopic (exact) mass is 214 g/mol. The second-order valence-electron chi connectivity index (χ2n) is 4.00. The third kappa shape index (κ3) is 3.80. The Labute approximate surface area is 91.6 Å². The fourth-order valence-corrected chi connectivity index (χ4v) is 1.83. The lowest BCUT2D eigenvalue weighted by Gasteiger charge is -2.37. The van der Waals surface area contributed by atoms with Crippen LogP contribution in [-0.4, -0.2) is 48.2 Å². The zero-order valence-electron chi connectivity index (χ0n) is 9.54. The van der Waals surface area contributed by atoms with Gasteiger partial charge in [0.15, 0.2) is 0 Å². The quantitative estimate of drug-likeness (QED) is 0.602. The van der Waals surface area contributed by atoms with Crippen LogP contribution >= 0.6 is 0 Å². The Morgan fingerprint density at radius 2 is 2.27 bits per heavy atom. The molecule has 1 saturated carbocycles. The average Bonchev–Trinajstić information content (AvgIpc) is 2.14. The molecule has 1 rings (SSSR count). The van der Waals surface area contributed by atoms with E-state index in [2.05, 4.69) is 5.32 Å². The first-order chi connectivity index (χ1) is 7.29. The van der Waals surface area contributed by atoms with E-state index < -0.39 is 0 Å². The van der Waals surface area contributed by atoms with E-state index in [1.807, 2.05) is 11.8 Å². The number of carbonyl (C=O) groups excluding carboxylic acids is 1. The van der Waals surface area contributed by atoms with Gasteiger partial charge in [0.05, 0.1) is 6.61 Å². The van der Waals surface area contributed by atoms with Gasteiger partial charge in [-0.05, 0) is 25.8 Å². The van der Waals surface area contributed by atoms with Crippen molar-refractivity contribution >= 4 is 5.91 Å². The van der Waals surface area contributed by atoms with Gasteiger partial charge in [0.2, 0.25) is 5.91 Å². The van der Waals surface area contributed by atoms with E-state index in [9.17, 15) is 4.79 Å². The second kappa shape index (κ2) is 6.80. The van der Waals surface area contributed by atoms with E-state index in [4.69, 9.17) is 5.11 Å². The van der Waals surface area contributed by atoms with Crippen molar-refractivity contribution in [3.8, 4) is 0 Å². The summed E-state index contributed by atoms with van der Waals surface area (Å²) >= 11 is 0. The lowest BCUT2D eigenvalue weighted by Crippen LogP contribution is -2.46. The summed E-state index contributed by atoms with van der Waals surface area (Å²) in [5.74, 6) is 0.176. The van der Waals surface area contributed by atoms with Gasteiger partial charge in [0.1, 0.15) is 0 Å². The normalized spacial score (nSPS) is 16.1. The van der Waals surface area contributed by atoms with E-state index in [1.54, 1.807) is 0 Å². The molecule has 0 aromatic rings. The van der Waals surface area contributed by atoms with Gasteiger partial charge < -0.3 is 15.3 Å². The highest BCUT2D eigenvalue weighted by molar-refractivity contribution is 5.76. The predicted octanol–water partition coefficient (Wildman–Crippen LogP) is 0.359. The molecule has 0 aromatic carbocycles. The van der Waals surface area contributed by atoms with Crippen LogP contribution < -0.4 is 5.32 Å². The number of nitrogens with one attached hydrogen (secondary N) is 1. The summed E-state index contributed by atoms with van der Waals surface area (Å²) in [7, 11) is 0. The van der Waals surface area contributed by atoms with Crippen LogP contribution in [0.2, 0.25) is 0 Å². The molecule has 0 spiro atoms. The predicted molar refractivity (Wildman–Crippen MR) is 59.6 cm³/mol.